The SMILES string of the molecule is Cc1cnc(-c2ncc3c(n2)CC(C)(C)CC3NC(=O)CCc2ccccc2)cn1. The number of carbonyl (C=O) groups excluding carboxylic acids is 1. The van der Waals surface area contributed by atoms with Gasteiger partial charge in [-0.2, -0.15) is 0 Å². The van der Waals surface area contributed by atoms with E-state index in [0.717, 1.165) is 36.2 Å². The summed E-state index contributed by atoms with van der Waals surface area (Å²) in [5.74, 6) is 0.633. The van der Waals surface area contributed by atoms with Crippen molar-refractivity contribution in [3.05, 3.63) is 71.4 Å². The van der Waals surface area contributed by atoms with Gasteiger partial charge in [0.15, 0.2) is 5.82 Å². The van der Waals surface area contributed by atoms with E-state index in [1.807, 2.05) is 31.3 Å². The lowest BCUT2D eigenvalue weighted by atomic mass is 9.74. The highest BCUT2D eigenvalue weighted by molar-refractivity contribution is 5.76. The standard InChI is InChI=1S/C24H27N5O/c1-16-13-26-21(15-25-16)23-27-14-18-19(11-24(2,3)12-20(18)29-23)28-22(30)10-9-17-7-5-4-6-8-17/h4-8,13-15,19H,9-12H2,1-3H3,(H,28,30). The monoisotopic (exact) mass is 401 g/mol. The summed E-state index contributed by atoms with van der Waals surface area (Å²) in [5, 5.41) is 3.22. The Morgan fingerprint density at radius 3 is 2.63 bits per heavy atom. The highest BCUT2D eigenvalue weighted by Gasteiger charge is 2.34. The fourth-order valence-electron chi connectivity index (χ4n) is 3.98. The summed E-state index contributed by atoms with van der Waals surface area (Å²) in [7, 11) is 0. The molecule has 1 aliphatic carbocycles. The first-order valence-electron chi connectivity index (χ1n) is 10.4. The summed E-state index contributed by atoms with van der Waals surface area (Å²) in [6, 6.07) is 10.0. The van der Waals surface area contributed by atoms with E-state index in [1.54, 1.807) is 12.4 Å². The summed E-state index contributed by atoms with van der Waals surface area (Å²) in [6.07, 6.45) is 8.17. The molecule has 2 aromatic heterocycles. The van der Waals surface area contributed by atoms with Crippen LogP contribution in [0.5, 0.6) is 0 Å². The molecule has 1 N–H and O–H groups in total. The molecule has 6 heteroatoms. The second-order valence-electron chi connectivity index (χ2n) is 8.79. The number of rotatable bonds is 5. The van der Waals surface area contributed by atoms with Crippen molar-refractivity contribution in [1.29, 1.82) is 0 Å². The lowest BCUT2D eigenvalue weighted by Crippen LogP contribution is -2.37. The van der Waals surface area contributed by atoms with Gasteiger partial charge in [-0.3, -0.25) is 9.78 Å². The molecule has 1 atom stereocenters. The maximum Gasteiger partial charge on any atom is 0.220 e. The van der Waals surface area contributed by atoms with Crippen LogP contribution in [0.1, 0.15) is 55.2 Å². The minimum atomic E-state index is -0.0785. The fourth-order valence-corrected chi connectivity index (χ4v) is 3.98. The zero-order valence-corrected chi connectivity index (χ0v) is 17.7. The zero-order chi connectivity index (χ0) is 21.1. The molecule has 0 radical (unpaired) electrons. The molecular weight excluding hydrogens is 374 g/mol. The van der Waals surface area contributed by atoms with Crippen molar-refractivity contribution in [2.75, 3.05) is 0 Å². The Bertz CT molecular complexity index is 1030. The summed E-state index contributed by atoms with van der Waals surface area (Å²) in [4.78, 5) is 30.7. The number of aryl methyl sites for hydroxylation is 2. The van der Waals surface area contributed by atoms with Crippen LogP contribution < -0.4 is 5.32 Å². The molecule has 1 amide bonds. The van der Waals surface area contributed by atoms with E-state index < -0.39 is 0 Å². The second kappa shape index (κ2) is 8.30. The number of nitrogens with one attached hydrogen (secondary N) is 1. The molecule has 1 unspecified atom stereocenters. The molecule has 0 aliphatic heterocycles. The Morgan fingerprint density at radius 2 is 1.90 bits per heavy atom. The van der Waals surface area contributed by atoms with Gasteiger partial charge in [-0.1, -0.05) is 44.2 Å². The van der Waals surface area contributed by atoms with Crippen molar-refractivity contribution in [2.45, 2.75) is 52.5 Å². The predicted molar refractivity (Wildman–Crippen MR) is 116 cm³/mol. The van der Waals surface area contributed by atoms with Crippen LogP contribution in [0.25, 0.3) is 11.5 Å². The van der Waals surface area contributed by atoms with E-state index in [9.17, 15) is 4.79 Å². The summed E-state index contributed by atoms with van der Waals surface area (Å²) in [6.45, 7) is 6.33. The predicted octanol–water partition coefficient (Wildman–Crippen LogP) is 4.00. The van der Waals surface area contributed by atoms with Crippen molar-refractivity contribution >= 4 is 5.91 Å². The molecule has 0 saturated carbocycles. The summed E-state index contributed by atoms with van der Waals surface area (Å²) >= 11 is 0. The van der Waals surface area contributed by atoms with Crippen LogP contribution in [0, 0.1) is 12.3 Å². The maximum absolute atomic E-state index is 12.7. The molecule has 154 valence electrons. The van der Waals surface area contributed by atoms with Gasteiger partial charge in [0.25, 0.3) is 0 Å². The first kappa shape index (κ1) is 20.1. The highest BCUT2D eigenvalue weighted by atomic mass is 16.1. The molecule has 0 fully saturated rings. The summed E-state index contributed by atoms with van der Waals surface area (Å²) < 4.78 is 0. The third kappa shape index (κ3) is 4.70. The first-order chi connectivity index (χ1) is 14.4. The van der Waals surface area contributed by atoms with Crippen molar-refractivity contribution in [1.82, 2.24) is 25.3 Å². The number of amides is 1. The van der Waals surface area contributed by atoms with Gasteiger partial charge in [-0.15, -0.1) is 0 Å². The van der Waals surface area contributed by atoms with Crippen molar-refractivity contribution in [3.8, 4) is 11.5 Å². The van der Waals surface area contributed by atoms with Crippen LogP contribution >= 0.6 is 0 Å². The Kier molecular flexibility index (Phi) is 5.57. The molecule has 0 bridgehead atoms. The van der Waals surface area contributed by atoms with Gasteiger partial charge in [0.05, 0.1) is 23.6 Å². The van der Waals surface area contributed by atoms with Crippen molar-refractivity contribution in [2.24, 2.45) is 5.41 Å². The zero-order valence-electron chi connectivity index (χ0n) is 17.7. The minimum absolute atomic E-state index is 0.0367. The van der Waals surface area contributed by atoms with E-state index >= 15 is 0 Å². The molecule has 2 heterocycles. The average Bonchev–Trinajstić information content (AvgIpc) is 2.72. The summed E-state index contributed by atoms with van der Waals surface area (Å²) in [5.41, 5.74) is 4.71. The van der Waals surface area contributed by atoms with Crippen molar-refractivity contribution < 1.29 is 4.79 Å². The Balaban J connectivity index is 1.52. The van der Waals surface area contributed by atoms with Gasteiger partial charge in [-0.25, -0.2) is 15.0 Å². The van der Waals surface area contributed by atoms with Crippen molar-refractivity contribution in [3.63, 3.8) is 0 Å². The van der Waals surface area contributed by atoms with Crippen LogP contribution in [0.15, 0.2) is 48.9 Å². The molecule has 4 rings (SSSR count). The van der Waals surface area contributed by atoms with Gasteiger partial charge in [0, 0.05) is 24.4 Å². The second-order valence-corrected chi connectivity index (χ2v) is 8.79. The Labute approximate surface area is 177 Å². The largest absolute Gasteiger partial charge is 0.349 e. The molecule has 3 aromatic rings. The van der Waals surface area contributed by atoms with Crippen LogP contribution in [-0.4, -0.2) is 25.8 Å². The third-order valence-electron chi connectivity index (χ3n) is 5.51. The Morgan fingerprint density at radius 1 is 1.10 bits per heavy atom. The molecule has 0 spiro atoms. The van der Waals surface area contributed by atoms with Gasteiger partial charge in [0.2, 0.25) is 5.91 Å². The normalized spacial score (nSPS) is 17.2. The van der Waals surface area contributed by atoms with E-state index in [4.69, 9.17) is 4.98 Å². The number of hydrogen-bond donors (Lipinski definition) is 1. The van der Waals surface area contributed by atoms with Crippen LogP contribution in [0.2, 0.25) is 0 Å². The third-order valence-corrected chi connectivity index (χ3v) is 5.51. The lowest BCUT2D eigenvalue weighted by molar-refractivity contribution is -0.122. The average molecular weight is 402 g/mol. The number of aromatic nitrogens is 4. The lowest BCUT2D eigenvalue weighted by Gasteiger charge is -2.36. The maximum atomic E-state index is 12.7. The molecule has 0 saturated heterocycles. The number of benzene rings is 1. The van der Waals surface area contributed by atoms with Gasteiger partial charge in [0.1, 0.15) is 5.69 Å². The number of hydrogen-bond acceptors (Lipinski definition) is 5. The molecule has 1 aromatic carbocycles. The minimum Gasteiger partial charge on any atom is -0.349 e. The van der Waals surface area contributed by atoms with Crippen LogP contribution in [-0.2, 0) is 17.6 Å². The molecule has 6 nitrogen and oxygen atoms in total. The fraction of sp³-hybridized carbons (Fsp3) is 0.375. The first-order valence-corrected chi connectivity index (χ1v) is 10.4. The van der Waals surface area contributed by atoms with Gasteiger partial charge in [-0.05, 0) is 37.2 Å². The molecule has 1 aliphatic rings. The smallest absolute Gasteiger partial charge is 0.220 e. The number of fused-ring (bicyclic) bond motifs is 1. The Hall–Kier alpha value is -3.15. The van der Waals surface area contributed by atoms with Crippen LogP contribution in [0.3, 0.4) is 0 Å². The topological polar surface area (TPSA) is 80.7 Å². The van der Waals surface area contributed by atoms with Gasteiger partial charge >= 0.3 is 0 Å². The number of nitrogens with zero attached hydrogens (tertiary/aromatic N) is 4. The van der Waals surface area contributed by atoms with E-state index in [-0.39, 0.29) is 17.4 Å². The van der Waals surface area contributed by atoms with E-state index in [1.165, 1.54) is 5.56 Å². The van der Waals surface area contributed by atoms with Crippen LogP contribution in [0.4, 0.5) is 0 Å². The van der Waals surface area contributed by atoms with Gasteiger partial charge < -0.3 is 5.32 Å². The number of carbonyl (C=O) groups is 1. The van der Waals surface area contributed by atoms with E-state index in [0.29, 0.717) is 17.9 Å². The quantitative estimate of drug-likeness (QED) is 0.699. The highest BCUT2D eigenvalue weighted by Crippen LogP contribution is 2.40. The van der Waals surface area contributed by atoms with E-state index in [2.05, 4.69) is 46.2 Å². The molecular formula is C24H27N5O. The molecule has 30 heavy (non-hydrogen) atoms.